The molecule has 1 N–H and O–H groups in total. The van der Waals surface area contributed by atoms with Gasteiger partial charge in [0, 0.05) is 0 Å². The minimum atomic E-state index is 1.10. The van der Waals surface area contributed by atoms with Crippen LogP contribution < -0.4 is 0 Å². The molecule has 0 amide bonds. The van der Waals surface area contributed by atoms with Gasteiger partial charge in [0.15, 0.2) is 0 Å². The second-order valence-corrected chi connectivity index (χ2v) is 4.82. The Morgan fingerprint density at radius 2 is 2.10 bits per heavy atom. The molecule has 54 valence electrons. The zero-order valence-corrected chi connectivity index (χ0v) is 11.6. The summed E-state index contributed by atoms with van der Waals surface area (Å²) in [5, 5.41) is 4.30. The summed E-state index contributed by atoms with van der Waals surface area (Å²) in [5.41, 5.74) is 1.10. The Bertz CT molecular complexity index is 317. The Morgan fingerprint density at radius 3 is 2.60 bits per heavy atom. The van der Waals surface area contributed by atoms with Gasteiger partial charge in [-0.2, -0.15) is 0 Å². The maximum atomic E-state index is 4.30. The number of nitrogens with one attached hydrogen (secondary N) is 1. The molecule has 10 heavy (non-hydrogen) atoms. The van der Waals surface area contributed by atoms with Crippen LogP contribution in [0.4, 0.5) is 0 Å². The number of H-pyrrole nitrogens is 1. The van der Waals surface area contributed by atoms with Gasteiger partial charge < -0.3 is 0 Å². The van der Waals surface area contributed by atoms with Gasteiger partial charge in [0.1, 0.15) is 0 Å². The van der Waals surface area contributed by atoms with Crippen molar-refractivity contribution in [3.05, 3.63) is 13.2 Å². The molecule has 0 spiro atoms. The van der Waals surface area contributed by atoms with Crippen LogP contribution >= 0.6 is 0 Å². The summed E-state index contributed by atoms with van der Waals surface area (Å²) < 4.78 is 4.30. The second-order valence-electron chi connectivity index (χ2n) is 1.97. The predicted molar refractivity (Wildman–Crippen MR) is 28.8 cm³/mol. The monoisotopic (exact) mass is 477 g/mol. The van der Waals surface area contributed by atoms with Gasteiger partial charge >= 0.3 is 80.6 Å². The van der Waals surface area contributed by atoms with Crippen molar-refractivity contribution >= 4 is 0 Å². The molecule has 0 unspecified atom stereocenters. The normalized spacial score (nSPS) is 9.80. The molecule has 0 aliphatic rings. The third kappa shape index (κ3) is 1.70. The molecule has 0 fully saturated rings. The Hall–Kier alpha value is 0.387. The van der Waals surface area contributed by atoms with Gasteiger partial charge in [-0.3, -0.25) is 0 Å². The van der Waals surface area contributed by atoms with Crippen molar-refractivity contribution in [1.29, 1.82) is 0 Å². The first-order valence-electron chi connectivity index (χ1n) is 2.75. The fourth-order valence-electron chi connectivity index (χ4n) is 0.584. The van der Waals surface area contributed by atoms with Gasteiger partial charge in [-0.25, -0.2) is 0 Å². The van der Waals surface area contributed by atoms with E-state index >= 15 is 0 Å². The zero-order valence-electron chi connectivity index (χ0n) is 5.71. The van der Waals surface area contributed by atoms with Crippen LogP contribution in [0.3, 0.4) is 0 Å². The van der Waals surface area contributed by atoms with E-state index < -0.39 is 0 Å². The predicted octanol–water partition coefficient (Wildman–Crippen LogP) is 0.214. The summed E-state index contributed by atoms with van der Waals surface area (Å²) in [4.78, 5) is 3.28. The number of nitrogens with zero attached hydrogens (tertiary/aromatic N) is 2. The number of aromatic amines is 1. The molecule has 1 rings (SSSR count). The molecule has 0 aliphatic carbocycles. The standard InChI is InChI=1S/C5H7N3.2W/c1-5-3-6-4-8(2)7-5;;/h6H,1-2H3;;. The average molecular weight is 477 g/mol. The fourth-order valence-corrected chi connectivity index (χ4v) is 2.60. The summed E-state index contributed by atoms with van der Waals surface area (Å²) in [5.74, 6) is 0. The third-order valence-electron chi connectivity index (χ3n) is 1.14. The fraction of sp³-hybridized carbons (Fsp3) is 0.400. The Morgan fingerprint density at radius 1 is 1.50 bits per heavy atom. The molecule has 0 saturated heterocycles. The van der Waals surface area contributed by atoms with Gasteiger partial charge in [0.25, 0.3) is 0 Å². The summed E-state index contributed by atoms with van der Waals surface area (Å²) in [6, 6.07) is 0. The van der Waals surface area contributed by atoms with Crippen molar-refractivity contribution in [2.75, 3.05) is 0 Å². The van der Waals surface area contributed by atoms with E-state index in [0.717, 1.165) is 5.69 Å². The van der Waals surface area contributed by atoms with Gasteiger partial charge in [0.05, 0.1) is 0 Å². The number of aryl methyl sites for hydroxylation is 2. The van der Waals surface area contributed by atoms with Crippen molar-refractivity contribution in [1.82, 2.24) is 14.8 Å². The maximum absolute atomic E-state index is 4.30. The molecule has 0 saturated carbocycles. The van der Waals surface area contributed by atoms with Crippen LogP contribution in [0, 0.1) is 14.4 Å². The van der Waals surface area contributed by atoms with Gasteiger partial charge in [-0.05, 0) is 0 Å². The van der Waals surface area contributed by atoms with E-state index in [1.54, 1.807) is 0 Å². The molecule has 0 radical (unpaired) electrons. The van der Waals surface area contributed by atoms with E-state index in [9.17, 15) is 0 Å². The first kappa shape index (κ1) is 8.48. The Kier molecular flexibility index (Phi) is 2.71. The molecule has 1 aromatic rings. The van der Waals surface area contributed by atoms with Crippen molar-refractivity contribution < 1.29 is 38.7 Å². The van der Waals surface area contributed by atoms with Crippen molar-refractivity contribution in [2.24, 2.45) is 7.05 Å². The van der Waals surface area contributed by atoms with Crippen LogP contribution in [0.2, 0.25) is 0 Å². The van der Waals surface area contributed by atoms with E-state index in [1.165, 1.54) is 46.2 Å². The first-order valence-corrected chi connectivity index (χ1v) is 5.69. The number of hydrogen-bond donors (Lipinski definition) is 1. The van der Waals surface area contributed by atoms with Crippen LogP contribution in [-0.4, -0.2) is 14.8 Å². The van der Waals surface area contributed by atoms with Crippen molar-refractivity contribution in [2.45, 2.75) is 6.92 Å². The quantitative estimate of drug-likeness (QED) is 0.571. The molecule has 1 aromatic heterocycles. The first-order chi connectivity index (χ1) is 4.61. The van der Waals surface area contributed by atoms with Gasteiger partial charge in [-0.15, -0.1) is 0 Å². The molecular weight excluding hydrogens is 470 g/mol. The van der Waals surface area contributed by atoms with Crippen molar-refractivity contribution in [3.8, 4) is 0 Å². The Balaban J connectivity index is 3.59. The van der Waals surface area contributed by atoms with E-state index in [1.807, 2.05) is 18.7 Å². The number of rotatable bonds is 0. The average Bonchev–Trinajstić information content (AvgIpc) is 1.84. The SMILES string of the molecule is Cc1nn(C)[c](=[W])[nH][c]1=[W]. The zero-order chi connectivity index (χ0) is 7.72. The van der Waals surface area contributed by atoms with E-state index in [-0.39, 0.29) is 0 Å². The second kappa shape index (κ2) is 3.19. The topological polar surface area (TPSA) is 33.6 Å². The van der Waals surface area contributed by atoms with E-state index in [0.29, 0.717) is 0 Å². The molecule has 0 aromatic carbocycles. The summed E-state index contributed by atoms with van der Waals surface area (Å²) in [6.45, 7) is 2.02. The van der Waals surface area contributed by atoms with Crippen LogP contribution in [0.25, 0.3) is 0 Å². The van der Waals surface area contributed by atoms with Crippen LogP contribution in [0.15, 0.2) is 0 Å². The van der Waals surface area contributed by atoms with Crippen LogP contribution in [-0.2, 0) is 45.8 Å². The molecule has 0 atom stereocenters. The van der Waals surface area contributed by atoms with Crippen LogP contribution in [0.1, 0.15) is 5.69 Å². The summed E-state index contributed by atoms with van der Waals surface area (Å²) in [6.07, 6.45) is 0. The molecular formula is C5H7N3W2. The van der Waals surface area contributed by atoms with Gasteiger partial charge in [-0.1, -0.05) is 0 Å². The third-order valence-corrected chi connectivity index (χ3v) is 3.89. The molecule has 0 bridgehead atoms. The molecule has 3 nitrogen and oxygen atoms in total. The van der Waals surface area contributed by atoms with E-state index in [4.69, 9.17) is 0 Å². The van der Waals surface area contributed by atoms with E-state index in [2.05, 4.69) is 10.1 Å². The van der Waals surface area contributed by atoms with Gasteiger partial charge in [0.2, 0.25) is 0 Å². The van der Waals surface area contributed by atoms with Crippen molar-refractivity contribution in [3.63, 3.8) is 0 Å². The van der Waals surface area contributed by atoms with Crippen LogP contribution in [0.5, 0.6) is 0 Å². The minimum absolute atomic E-state index is 1.10. The Labute approximate surface area is 80.3 Å². The summed E-state index contributed by atoms with van der Waals surface area (Å²) in [7, 11) is 1.96. The molecule has 0 aliphatic heterocycles. The number of aromatic nitrogens is 3. The molecule has 5 heteroatoms. The molecule has 1 heterocycles. The summed E-state index contributed by atoms with van der Waals surface area (Å²) >= 11 is 2.87. The number of hydrogen-bond acceptors (Lipinski definition) is 1.